The third-order valence-electron chi connectivity index (χ3n) is 4.20. The lowest BCUT2D eigenvalue weighted by Gasteiger charge is -2.24. The number of amides is 3. The van der Waals surface area contributed by atoms with Gasteiger partial charge in [0.05, 0.1) is 4.92 Å². The van der Waals surface area contributed by atoms with E-state index < -0.39 is 17.0 Å². The molecule has 3 rings (SSSR count). The van der Waals surface area contributed by atoms with Crippen LogP contribution in [0.5, 0.6) is 0 Å². The fourth-order valence-electron chi connectivity index (χ4n) is 2.95. The topological polar surface area (TPSA) is 105 Å². The number of nitrogens with one attached hydrogen (secondary N) is 2. The predicted molar refractivity (Wildman–Crippen MR) is 96.9 cm³/mol. The van der Waals surface area contributed by atoms with Gasteiger partial charge in [0.1, 0.15) is 11.7 Å². The highest BCUT2D eigenvalue weighted by Gasteiger charge is 2.34. The monoisotopic (exact) mass is 354 g/mol. The Morgan fingerprint density at radius 2 is 1.73 bits per heavy atom. The lowest BCUT2D eigenvalue weighted by Crippen LogP contribution is -2.45. The molecule has 2 N–H and O–H groups in total. The largest absolute Gasteiger partial charge is 0.324 e. The van der Waals surface area contributed by atoms with E-state index in [-0.39, 0.29) is 17.3 Å². The molecule has 2 aromatic rings. The van der Waals surface area contributed by atoms with E-state index in [0.717, 1.165) is 0 Å². The molecule has 134 valence electrons. The Labute approximate surface area is 150 Å². The van der Waals surface area contributed by atoms with Gasteiger partial charge in [-0.1, -0.05) is 30.3 Å². The number of carbonyl (C=O) groups is 2. The van der Waals surface area contributed by atoms with Crippen molar-refractivity contribution < 1.29 is 14.5 Å². The van der Waals surface area contributed by atoms with Crippen LogP contribution in [0, 0.1) is 10.1 Å². The zero-order valence-electron chi connectivity index (χ0n) is 13.9. The van der Waals surface area contributed by atoms with Gasteiger partial charge in [-0.05, 0) is 31.0 Å². The number of anilines is 2. The minimum atomic E-state index is -0.613. The average Bonchev–Trinajstić information content (AvgIpc) is 3.13. The summed E-state index contributed by atoms with van der Waals surface area (Å²) in [5, 5.41) is 16.4. The summed E-state index contributed by atoms with van der Waals surface area (Å²) >= 11 is 0. The van der Waals surface area contributed by atoms with Crippen molar-refractivity contribution in [3.05, 3.63) is 64.7 Å². The molecule has 1 aliphatic heterocycles. The van der Waals surface area contributed by atoms with E-state index in [0.29, 0.717) is 25.1 Å². The first-order valence-electron chi connectivity index (χ1n) is 8.23. The van der Waals surface area contributed by atoms with E-state index in [4.69, 9.17) is 0 Å². The molecule has 8 heteroatoms. The lowest BCUT2D eigenvalue weighted by atomic mass is 10.2. The van der Waals surface area contributed by atoms with Crippen molar-refractivity contribution in [2.45, 2.75) is 18.9 Å². The summed E-state index contributed by atoms with van der Waals surface area (Å²) in [6.45, 7) is 0.416. The van der Waals surface area contributed by atoms with E-state index >= 15 is 0 Å². The zero-order valence-corrected chi connectivity index (χ0v) is 13.9. The molecule has 1 heterocycles. The number of nitrogens with zero attached hydrogens (tertiary/aromatic N) is 2. The number of hydrogen-bond acceptors (Lipinski definition) is 4. The Hall–Kier alpha value is -3.42. The standard InChI is InChI=1S/C18H18N4O4/c23-17(19-13-7-2-1-3-8-13)16-11-6-12-21(16)18(24)20-14-9-4-5-10-15(14)22(25)26/h1-5,7-10,16H,6,11-12H2,(H,19,23)(H,20,24)/t16-/m0/s1. The lowest BCUT2D eigenvalue weighted by molar-refractivity contribution is -0.383. The van der Waals surface area contributed by atoms with Crippen molar-refractivity contribution in [1.29, 1.82) is 0 Å². The third kappa shape index (κ3) is 3.80. The Bertz CT molecular complexity index is 825. The molecule has 8 nitrogen and oxygen atoms in total. The van der Waals surface area contributed by atoms with Crippen molar-refractivity contribution in [1.82, 2.24) is 4.90 Å². The Balaban J connectivity index is 1.71. The average molecular weight is 354 g/mol. The molecule has 1 aliphatic rings. The van der Waals surface area contributed by atoms with E-state index in [1.165, 1.54) is 23.1 Å². The molecule has 1 atom stereocenters. The molecule has 2 aromatic carbocycles. The Morgan fingerprint density at radius 3 is 2.46 bits per heavy atom. The van der Waals surface area contributed by atoms with Crippen molar-refractivity contribution in [2.24, 2.45) is 0 Å². The third-order valence-corrected chi connectivity index (χ3v) is 4.20. The summed E-state index contributed by atoms with van der Waals surface area (Å²) in [6.07, 6.45) is 1.24. The van der Waals surface area contributed by atoms with Crippen LogP contribution < -0.4 is 10.6 Å². The second kappa shape index (κ2) is 7.64. The smallest absolute Gasteiger partial charge is 0.322 e. The van der Waals surface area contributed by atoms with Crippen molar-refractivity contribution >= 4 is 29.0 Å². The predicted octanol–water partition coefficient (Wildman–Crippen LogP) is 3.23. The van der Waals surface area contributed by atoms with Crippen molar-refractivity contribution in [3.8, 4) is 0 Å². The Morgan fingerprint density at radius 1 is 1.04 bits per heavy atom. The molecular weight excluding hydrogens is 336 g/mol. The molecule has 0 bridgehead atoms. The van der Waals surface area contributed by atoms with E-state index in [2.05, 4.69) is 10.6 Å². The molecule has 1 saturated heterocycles. The van der Waals surface area contributed by atoms with Crippen LogP contribution in [-0.4, -0.2) is 34.3 Å². The van der Waals surface area contributed by atoms with Gasteiger partial charge >= 0.3 is 6.03 Å². The Kier molecular flexibility index (Phi) is 5.12. The number of para-hydroxylation sites is 3. The minimum absolute atomic E-state index is 0.108. The van der Waals surface area contributed by atoms with Crippen molar-refractivity contribution in [3.63, 3.8) is 0 Å². The molecule has 0 saturated carbocycles. The number of benzene rings is 2. The molecule has 0 aliphatic carbocycles. The number of carbonyl (C=O) groups excluding carboxylic acids is 2. The molecule has 1 fully saturated rings. The zero-order chi connectivity index (χ0) is 18.5. The minimum Gasteiger partial charge on any atom is -0.324 e. The summed E-state index contributed by atoms with van der Waals surface area (Å²) in [5.41, 5.74) is 0.574. The van der Waals surface area contributed by atoms with Crippen LogP contribution in [0.25, 0.3) is 0 Å². The van der Waals surface area contributed by atoms with Crippen molar-refractivity contribution in [2.75, 3.05) is 17.2 Å². The molecular formula is C18H18N4O4. The first-order valence-corrected chi connectivity index (χ1v) is 8.23. The summed E-state index contributed by atoms with van der Waals surface area (Å²) in [7, 11) is 0. The van der Waals surface area contributed by atoms with E-state index in [1.807, 2.05) is 18.2 Å². The number of nitro benzene ring substituents is 1. The highest BCUT2D eigenvalue weighted by Crippen LogP contribution is 2.25. The maximum atomic E-state index is 12.6. The summed E-state index contributed by atoms with van der Waals surface area (Å²) in [6, 6.07) is 13.8. The maximum Gasteiger partial charge on any atom is 0.322 e. The van der Waals surface area contributed by atoms with Crippen LogP contribution >= 0.6 is 0 Å². The molecule has 0 radical (unpaired) electrons. The fourth-order valence-corrected chi connectivity index (χ4v) is 2.95. The number of likely N-dealkylation sites (tertiary alicyclic amines) is 1. The van der Waals surface area contributed by atoms with Gasteiger partial charge < -0.3 is 15.5 Å². The number of urea groups is 1. The molecule has 26 heavy (non-hydrogen) atoms. The summed E-state index contributed by atoms with van der Waals surface area (Å²) in [5.74, 6) is -0.272. The van der Waals surface area contributed by atoms with Gasteiger partial charge in [-0.2, -0.15) is 0 Å². The van der Waals surface area contributed by atoms with E-state index in [9.17, 15) is 19.7 Å². The quantitative estimate of drug-likeness (QED) is 0.649. The SMILES string of the molecule is O=C(Nc1ccccc1)[C@@H]1CCCN1C(=O)Nc1ccccc1[N+](=O)[O-]. The van der Waals surface area contributed by atoms with Gasteiger partial charge in [0, 0.05) is 18.3 Å². The van der Waals surface area contributed by atoms with Crippen LogP contribution in [0.15, 0.2) is 54.6 Å². The summed E-state index contributed by atoms with van der Waals surface area (Å²) < 4.78 is 0. The van der Waals surface area contributed by atoms with Gasteiger partial charge in [-0.15, -0.1) is 0 Å². The highest BCUT2D eigenvalue weighted by atomic mass is 16.6. The first kappa shape index (κ1) is 17.4. The van der Waals surface area contributed by atoms with Gasteiger partial charge in [0.2, 0.25) is 5.91 Å². The number of rotatable bonds is 4. The summed E-state index contributed by atoms with van der Waals surface area (Å²) in [4.78, 5) is 37.0. The molecule has 0 spiro atoms. The van der Waals surface area contributed by atoms with Crippen LogP contribution in [0.1, 0.15) is 12.8 Å². The highest BCUT2D eigenvalue weighted by molar-refractivity contribution is 6.00. The van der Waals surface area contributed by atoms with Crippen LogP contribution in [-0.2, 0) is 4.79 Å². The maximum absolute atomic E-state index is 12.6. The normalized spacial score (nSPS) is 16.2. The molecule has 0 unspecified atom stereocenters. The van der Waals surface area contributed by atoms with Gasteiger partial charge in [-0.25, -0.2) is 4.79 Å². The number of hydrogen-bond donors (Lipinski definition) is 2. The second-order valence-electron chi connectivity index (χ2n) is 5.91. The van der Waals surface area contributed by atoms with E-state index in [1.54, 1.807) is 18.2 Å². The fraction of sp³-hybridized carbons (Fsp3) is 0.222. The van der Waals surface area contributed by atoms with Gasteiger partial charge in [0.25, 0.3) is 5.69 Å². The van der Waals surface area contributed by atoms with Crippen LogP contribution in [0.3, 0.4) is 0 Å². The van der Waals surface area contributed by atoms with Gasteiger partial charge in [-0.3, -0.25) is 14.9 Å². The van der Waals surface area contributed by atoms with Gasteiger partial charge in [0.15, 0.2) is 0 Å². The van der Waals surface area contributed by atoms with Crippen LogP contribution in [0.4, 0.5) is 21.9 Å². The second-order valence-corrected chi connectivity index (χ2v) is 5.91. The first-order chi connectivity index (χ1) is 12.6. The molecule has 3 amide bonds. The van der Waals surface area contributed by atoms with Crippen LogP contribution in [0.2, 0.25) is 0 Å². The number of nitro groups is 1. The molecule has 0 aromatic heterocycles.